The summed E-state index contributed by atoms with van der Waals surface area (Å²) in [5.74, 6) is -1.37. The average Bonchev–Trinajstić information content (AvgIpc) is 2.85. The van der Waals surface area contributed by atoms with Crippen LogP contribution < -0.4 is 9.62 Å². The van der Waals surface area contributed by atoms with E-state index in [2.05, 4.69) is 21.2 Å². The second-order valence-corrected chi connectivity index (χ2v) is 12.1. The van der Waals surface area contributed by atoms with Crippen molar-refractivity contribution >= 4 is 43.5 Å². The number of rotatable bonds is 11. The third-order valence-electron chi connectivity index (χ3n) is 5.74. The van der Waals surface area contributed by atoms with Crippen molar-refractivity contribution in [2.45, 2.75) is 38.9 Å². The number of halogens is 2. The van der Waals surface area contributed by atoms with Gasteiger partial charge in [-0.15, -0.1) is 0 Å². The molecule has 0 saturated carbocycles. The van der Waals surface area contributed by atoms with Crippen molar-refractivity contribution in [2.75, 3.05) is 17.1 Å². The molecular formula is C28H31BrFN3O4S. The number of benzene rings is 3. The van der Waals surface area contributed by atoms with Crippen molar-refractivity contribution in [3.63, 3.8) is 0 Å². The molecule has 0 bridgehead atoms. The number of carbonyl (C=O) groups is 2. The Kier molecular flexibility index (Phi) is 10.0. The van der Waals surface area contributed by atoms with E-state index in [1.165, 1.54) is 29.2 Å². The average molecular weight is 605 g/mol. The molecule has 0 saturated heterocycles. The minimum absolute atomic E-state index is 0.0157. The number of carbonyl (C=O) groups excluding carboxylic acids is 2. The van der Waals surface area contributed by atoms with Crippen LogP contribution in [0.5, 0.6) is 0 Å². The lowest BCUT2D eigenvalue weighted by molar-refractivity contribution is -0.140. The standard InChI is InChI=1S/C28H31BrFN3O4S/c1-20(2)31-28(35)26(16-21-8-5-4-6-9-21)32(18-22-12-14-24(30)15-13-22)27(34)19-33(38(3,36)37)25-11-7-10-23(29)17-25/h4-15,17,20,26H,16,18-19H2,1-3H3,(H,31,35). The molecule has 1 N–H and O–H groups in total. The third-order valence-corrected chi connectivity index (χ3v) is 7.38. The van der Waals surface area contributed by atoms with E-state index in [1.807, 2.05) is 44.2 Å². The minimum atomic E-state index is -3.85. The molecule has 202 valence electrons. The normalized spacial score (nSPS) is 12.2. The first kappa shape index (κ1) is 29.3. The monoisotopic (exact) mass is 603 g/mol. The summed E-state index contributed by atoms with van der Waals surface area (Å²) in [5.41, 5.74) is 1.74. The zero-order valence-corrected chi connectivity index (χ0v) is 23.9. The molecule has 7 nitrogen and oxygen atoms in total. The van der Waals surface area contributed by atoms with Gasteiger partial charge in [-0.3, -0.25) is 13.9 Å². The Morgan fingerprint density at radius 1 is 0.947 bits per heavy atom. The van der Waals surface area contributed by atoms with Crippen molar-refractivity contribution in [1.82, 2.24) is 10.2 Å². The lowest BCUT2D eigenvalue weighted by Crippen LogP contribution is -2.54. The van der Waals surface area contributed by atoms with E-state index in [0.717, 1.165) is 16.1 Å². The molecule has 0 aliphatic heterocycles. The predicted octanol–water partition coefficient (Wildman–Crippen LogP) is 4.52. The van der Waals surface area contributed by atoms with Gasteiger partial charge >= 0.3 is 0 Å². The van der Waals surface area contributed by atoms with Gasteiger partial charge in [-0.05, 0) is 55.3 Å². The zero-order valence-electron chi connectivity index (χ0n) is 21.5. The molecule has 3 aromatic rings. The number of sulfonamides is 1. The van der Waals surface area contributed by atoms with Crippen LogP contribution in [-0.2, 0) is 32.6 Å². The smallest absolute Gasteiger partial charge is 0.244 e. The molecule has 10 heteroatoms. The fourth-order valence-electron chi connectivity index (χ4n) is 3.97. The number of nitrogens with zero attached hydrogens (tertiary/aromatic N) is 2. The highest BCUT2D eigenvalue weighted by atomic mass is 79.9. The molecule has 1 unspecified atom stereocenters. The maximum atomic E-state index is 13.9. The van der Waals surface area contributed by atoms with Crippen molar-refractivity contribution in [2.24, 2.45) is 0 Å². The van der Waals surface area contributed by atoms with E-state index in [9.17, 15) is 22.4 Å². The fraction of sp³-hybridized carbons (Fsp3) is 0.286. The van der Waals surface area contributed by atoms with Crippen LogP contribution in [0, 0.1) is 5.82 Å². The van der Waals surface area contributed by atoms with E-state index in [1.54, 1.807) is 24.3 Å². The summed E-state index contributed by atoms with van der Waals surface area (Å²) in [6, 6.07) is 20.4. The maximum Gasteiger partial charge on any atom is 0.244 e. The van der Waals surface area contributed by atoms with Crippen LogP contribution in [0.2, 0.25) is 0 Å². The van der Waals surface area contributed by atoms with Crippen LogP contribution in [0.25, 0.3) is 0 Å². The molecule has 0 aliphatic rings. The SMILES string of the molecule is CC(C)NC(=O)C(Cc1ccccc1)N(Cc1ccc(F)cc1)C(=O)CN(c1cccc(Br)c1)S(C)(=O)=O. The van der Waals surface area contributed by atoms with Gasteiger partial charge < -0.3 is 10.2 Å². The summed E-state index contributed by atoms with van der Waals surface area (Å²) in [4.78, 5) is 28.7. The Balaban J connectivity index is 2.05. The first-order valence-electron chi connectivity index (χ1n) is 12.1. The van der Waals surface area contributed by atoms with Crippen LogP contribution in [0.3, 0.4) is 0 Å². The van der Waals surface area contributed by atoms with E-state index in [0.29, 0.717) is 15.7 Å². The molecule has 0 radical (unpaired) electrons. The molecule has 0 spiro atoms. The van der Waals surface area contributed by atoms with Crippen LogP contribution in [0.1, 0.15) is 25.0 Å². The minimum Gasteiger partial charge on any atom is -0.352 e. The highest BCUT2D eigenvalue weighted by Gasteiger charge is 2.33. The summed E-state index contributed by atoms with van der Waals surface area (Å²) in [5, 5.41) is 2.89. The molecular weight excluding hydrogens is 573 g/mol. The largest absolute Gasteiger partial charge is 0.352 e. The van der Waals surface area contributed by atoms with E-state index in [4.69, 9.17) is 0 Å². The van der Waals surface area contributed by atoms with Crippen molar-refractivity contribution < 1.29 is 22.4 Å². The van der Waals surface area contributed by atoms with Gasteiger partial charge in [0.15, 0.2) is 0 Å². The van der Waals surface area contributed by atoms with Crippen LogP contribution in [0.15, 0.2) is 83.3 Å². The topological polar surface area (TPSA) is 86.8 Å². The second-order valence-electron chi connectivity index (χ2n) is 9.27. The lowest BCUT2D eigenvalue weighted by Gasteiger charge is -2.34. The lowest BCUT2D eigenvalue weighted by atomic mass is 10.0. The van der Waals surface area contributed by atoms with Crippen molar-refractivity contribution in [3.8, 4) is 0 Å². The van der Waals surface area contributed by atoms with Gasteiger partial charge in [0, 0.05) is 23.5 Å². The molecule has 0 aliphatic carbocycles. The first-order valence-corrected chi connectivity index (χ1v) is 14.7. The molecule has 0 heterocycles. The van der Waals surface area contributed by atoms with E-state index in [-0.39, 0.29) is 24.9 Å². The Morgan fingerprint density at radius 2 is 1.61 bits per heavy atom. The molecule has 1 atom stereocenters. The van der Waals surface area contributed by atoms with Crippen LogP contribution in [-0.4, -0.2) is 50.0 Å². The van der Waals surface area contributed by atoms with Gasteiger partial charge in [0.25, 0.3) is 0 Å². The number of hydrogen-bond donors (Lipinski definition) is 1. The zero-order chi connectivity index (χ0) is 27.9. The summed E-state index contributed by atoms with van der Waals surface area (Å²) < 4.78 is 40.8. The molecule has 0 aromatic heterocycles. The molecule has 2 amide bonds. The summed E-state index contributed by atoms with van der Waals surface area (Å²) in [6.07, 6.45) is 1.24. The van der Waals surface area contributed by atoms with Gasteiger partial charge in [-0.2, -0.15) is 0 Å². The van der Waals surface area contributed by atoms with Gasteiger partial charge in [0.1, 0.15) is 18.4 Å². The molecule has 3 aromatic carbocycles. The first-order chi connectivity index (χ1) is 17.9. The summed E-state index contributed by atoms with van der Waals surface area (Å²) in [6.45, 7) is 3.11. The maximum absolute atomic E-state index is 13.9. The van der Waals surface area contributed by atoms with E-state index >= 15 is 0 Å². The van der Waals surface area contributed by atoms with Crippen LogP contribution >= 0.6 is 15.9 Å². The molecule has 38 heavy (non-hydrogen) atoms. The van der Waals surface area contributed by atoms with Gasteiger partial charge in [0.2, 0.25) is 21.8 Å². The Hall–Kier alpha value is -3.24. The number of amides is 2. The predicted molar refractivity (Wildman–Crippen MR) is 150 cm³/mol. The van der Waals surface area contributed by atoms with E-state index < -0.39 is 34.3 Å². The molecule has 0 fully saturated rings. The Labute approximate surface area is 231 Å². The van der Waals surface area contributed by atoms with Crippen molar-refractivity contribution in [3.05, 3.63) is 100 Å². The fourth-order valence-corrected chi connectivity index (χ4v) is 5.19. The van der Waals surface area contributed by atoms with Gasteiger partial charge in [0.05, 0.1) is 11.9 Å². The van der Waals surface area contributed by atoms with Crippen LogP contribution in [0.4, 0.5) is 10.1 Å². The quantitative estimate of drug-likeness (QED) is 0.349. The summed E-state index contributed by atoms with van der Waals surface area (Å²) in [7, 11) is -3.85. The Bertz CT molecular complexity index is 1350. The third kappa shape index (κ3) is 8.39. The number of anilines is 1. The number of hydrogen-bond acceptors (Lipinski definition) is 4. The highest BCUT2D eigenvalue weighted by molar-refractivity contribution is 9.10. The van der Waals surface area contributed by atoms with Gasteiger partial charge in [-0.25, -0.2) is 12.8 Å². The second kappa shape index (κ2) is 13.0. The highest BCUT2D eigenvalue weighted by Crippen LogP contribution is 2.23. The van der Waals surface area contributed by atoms with Gasteiger partial charge in [-0.1, -0.05) is 64.5 Å². The Morgan fingerprint density at radius 3 is 2.18 bits per heavy atom. The number of nitrogens with one attached hydrogen (secondary N) is 1. The molecule has 3 rings (SSSR count). The van der Waals surface area contributed by atoms with Crippen molar-refractivity contribution in [1.29, 1.82) is 0 Å². The summed E-state index contributed by atoms with van der Waals surface area (Å²) >= 11 is 3.34.